The van der Waals surface area contributed by atoms with Crippen molar-refractivity contribution in [3.05, 3.63) is 36.7 Å². The van der Waals surface area contributed by atoms with E-state index < -0.39 is 0 Å². The van der Waals surface area contributed by atoms with Crippen LogP contribution in [-0.2, 0) is 0 Å². The van der Waals surface area contributed by atoms with Crippen molar-refractivity contribution in [3.63, 3.8) is 0 Å². The van der Waals surface area contributed by atoms with Gasteiger partial charge in [0.15, 0.2) is 0 Å². The van der Waals surface area contributed by atoms with Crippen molar-refractivity contribution in [2.45, 2.75) is 18.9 Å². The molecule has 0 atom stereocenters. The second-order valence-electron chi connectivity index (χ2n) is 4.40. The molecule has 94 valence electrons. The van der Waals surface area contributed by atoms with Gasteiger partial charge >= 0.3 is 0 Å². The number of anilines is 1. The smallest absolute Gasteiger partial charge is 0.0858 e. The number of aromatic nitrogens is 3. The minimum atomic E-state index is 0.625. The van der Waals surface area contributed by atoms with Gasteiger partial charge in [0.25, 0.3) is 0 Å². The van der Waals surface area contributed by atoms with Crippen molar-refractivity contribution < 1.29 is 0 Å². The predicted octanol–water partition coefficient (Wildman–Crippen LogP) is 2.57. The summed E-state index contributed by atoms with van der Waals surface area (Å²) in [4.78, 5) is 1.63. The predicted molar refractivity (Wildman–Crippen MR) is 75.3 cm³/mol. The van der Waals surface area contributed by atoms with E-state index >= 15 is 0 Å². The van der Waals surface area contributed by atoms with Gasteiger partial charge in [-0.15, -0.1) is 0 Å². The van der Waals surface area contributed by atoms with E-state index in [0.717, 1.165) is 5.69 Å². The lowest BCUT2D eigenvalue weighted by Gasteiger charge is -2.23. The molecule has 1 saturated heterocycles. The molecule has 0 amide bonds. The SMILES string of the molecule is c1cnn(-c2ccc(NC3CCSCC3)cc2)n1. The van der Waals surface area contributed by atoms with Gasteiger partial charge in [-0.25, -0.2) is 0 Å². The third-order valence-corrected chi connectivity index (χ3v) is 4.16. The monoisotopic (exact) mass is 260 g/mol. The van der Waals surface area contributed by atoms with Gasteiger partial charge in [-0.1, -0.05) is 0 Å². The first-order chi connectivity index (χ1) is 8.92. The molecule has 1 aliphatic heterocycles. The van der Waals surface area contributed by atoms with E-state index in [1.165, 1.54) is 30.0 Å². The van der Waals surface area contributed by atoms with Gasteiger partial charge in [0.1, 0.15) is 0 Å². The Morgan fingerprint density at radius 3 is 2.39 bits per heavy atom. The highest BCUT2D eigenvalue weighted by Crippen LogP contribution is 2.21. The number of thioether (sulfide) groups is 1. The maximum atomic E-state index is 4.11. The van der Waals surface area contributed by atoms with Crippen molar-refractivity contribution in [1.29, 1.82) is 0 Å². The summed E-state index contributed by atoms with van der Waals surface area (Å²) >= 11 is 2.05. The molecule has 0 saturated carbocycles. The highest BCUT2D eigenvalue weighted by Gasteiger charge is 2.12. The maximum absolute atomic E-state index is 4.11. The molecule has 3 rings (SSSR count). The minimum absolute atomic E-state index is 0.625. The van der Waals surface area contributed by atoms with Crippen LogP contribution in [0, 0.1) is 0 Å². The normalized spacial score (nSPS) is 16.7. The summed E-state index contributed by atoms with van der Waals surface area (Å²) in [6, 6.07) is 8.90. The van der Waals surface area contributed by atoms with E-state index in [2.05, 4.69) is 39.4 Å². The Kier molecular flexibility index (Phi) is 3.50. The molecule has 0 radical (unpaired) electrons. The molecular weight excluding hydrogens is 244 g/mol. The average molecular weight is 260 g/mol. The highest BCUT2D eigenvalue weighted by molar-refractivity contribution is 7.99. The molecule has 18 heavy (non-hydrogen) atoms. The largest absolute Gasteiger partial charge is 0.382 e. The molecule has 1 fully saturated rings. The lowest BCUT2D eigenvalue weighted by atomic mass is 10.1. The number of hydrogen-bond donors (Lipinski definition) is 1. The van der Waals surface area contributed by atoms with E-state index in [1.807, 2.05) is 12.1 Å². The Balaban J connectivity index is 1.67. The van der Waals surface area contributed by atoms with E-state index in [1.54, 1.807) is 17.2 Å². The van der Waals surface area contributed by atoms with Crippen LogP contribution in [0.2, 0.25) is 0 Å². The van der Waals surface area contributed by atoms with Crippen LogP contribution in [0.4, 0.5) is 5.69 Å². The van der Waals surface area contributed by atoms with Crippen molar-refractivity contribution in [3.8, 4) is 5.69 Å². The first-order valence-electron chi connectivity index (χ1n) is 6.23. The average Bonchev–Trinajstić information content (AvgIpc) is 2.95. The van der Waals surface area contributed by atoms with Crippen LogP contribution in [0.25, 0.3) is 5.69 Å². The number of benzene rings is 1. The fourth-order valence-corrected chi connectivity index (χ4v) is 3.22. The van der Waals surface area contributed by atoms with Crippen LogP contribution >= 0.6 is 11.8 Å². The first kappa shape index (κ1) is 11.6. The van der Waals surface area contributed by atoms with Crippen molar-refractivity contribution in [2.75, 3.05) is 16.8 Å². The summed E-state index contributed by atoms with van der Waals surface area (Å²) in [6.45, 7) is 0. The topological polar surface area (TPSA) is 42.7 Å². The second-order valence-corrected chi connectivity index (χ2v) is 5.62. The van der Waals surface area contributed by atoms with Gasteiger partial charge in [-0.2, -0.15) is 26.8 Å². The number of hydrogen-bond acceptors (Lipinski definition) is 4. The van der Waals surface area contributed by atoms with Gasteiger partial charge in [0.2, 0.25) is 0 Å². The lowest BCUT2D eigenvalue weighted by Crippen LogP contribution is -2.24. The van der Waals surface area contributed by atoms with Gasteiger partial charge in [-0.3, -0.25) is 0 Å². The Labute approximate surface area is 111 Å². The zero-order chi connectivity index (χ0) is 12.2. The summed E-state index contributed by atoms with van der Waals surface area (Å²) in [5.74, 6) is 2.54. The van der Waals surface area contributed by atoms with Gasteiger partial charge in [-0.05, 0) is 48.6 Å². The third-order valence-electron chi connectivity index (χ3n) is 3.11. The Morgan fingerprint density at radius 1 is 1.06 bits per heavy atom. The fourth-order valence-electron chi connectivity index (χ4n) is 2.12. The Hall–Kier alpha value is -1.49. The molecule has 4 nitrogen and oxygen atoms in total. The van der Waals surface area contributed by atoms with Gasteiger partial charge in [0.05, 0.1) is 18.1 Å². The lowest BCUT2D eigenvalue weighted by molar-refractivity contribution is 0.667. The van der Waals surface area contributed by atoms with E-state index in [-0.39, 0.29) is 0 Å². The Morgan fingerprint density at radius 2 is 1.72 bits per heavy atom. The van der Waals surface area contributed by atoms with Gasteiger partial charge in [0, 0.05) is 11.7 Å². The molecule has 0 spiro atoms. The van der Waals surface area contributed by atoms with Crippen molar-refractivity contribution in [1.82, 2.24) is 15.0 Å². The molecule has 0 bridgehead atoms. The van der Waals surface area contributed by atoms with E-state index in [4.69, 9.17) is 0 Å². The Bertz CT molecular complexity index is 474. The molecule has 0 unspecified atom stereocenters. The number of nitrogens with zero attached hydrogens (tertiary/aromatic N) is 3. The molecule has 5 heteroatoms. The zero-order valence-corrected chi connectivity index (χ0v) is 10.9. The second kappa shape index (κ2) is 5.44. The van der Waals surface area contributed by atoms with Crippen LogP contribution in [0.3, 0.4) is 0 Å². The molecule has 0 aliphatic carbocycles. The van der Waals surface area contributed by atoms with Crippen molar-refractivity contribution >= 4 is 17.4 Å². The fraction of sp³-hybridized carbons (Fsp3) is 0.385. The van der Waals surface area contributed by atoms with Crippen LogP contribution in [-0.4, -0.2) is 32.5 Å². The molecule has 2 aromatic rings. The summed E-state index contributed by atoms with van der Waals surface area (Å²) in [7, 11) is 0. The summed E-state index contributed by atoms with van der Waals surface area (Å²) in [6.07, 6.45) is 5.89. The van der Waals surface area contributed by atoms with Crippen LogP contribution in [0.1, 0.15) is 12.8 Å². The van der Waals surface area contributed by atoms with Crippen LogP contribution < -0.4 is 5.32 Å². The van der Waals surface area contributed by atoms with Crippen molar-refractivity contribution in [2.24, 2.45) is 0 Å². The molecule has 2 heterocycles. The molecule has 1 aromatic heterocycles. The van der Waals surface area contributed by atoms with E-state index in [9.17, 15) is 0 Å². The van der Waals surface area contributed by atoms with Gasteiger partial charge < -0.3 is 5.32 Å². The molecule has 1 N–H and O–H groups in total. The molecular formula is C13H16N4S. The minimum Gasteiger partial charge on any atom is -0.382 e. The third kappa shape index (κ3) is 2.67. The van der Waals surface area contributed by atoms with Crippen LogP contribution in [0.15, 0.2) is 36.7 Å². The summed E-state index contributed by atoms with van der Waals surface area (Å²) in [5.41, 5.74) is 2.17. The van der Waals surface area contributed by atoms with E-state index in [0.29, 0.717) is 6.04 Å². The molecule has 1 aliphatic rings. The number of rotatable bonds is 3. The standard InChI is InChI=1S/C13H16N4S/c1-3-13(17-14-7-8-15-17)4-2-11(1)16-12-5-9-18-10-6-12/h1-4,7-8,12,16H,5-6,9-10H2. The first-order valence-corrected chi connectivity index (χ1v) is 7.38. The summed E-state index contributed by atoms with van der Waals surface area (Å²) in [5, 5.41) is 11.8. The zero-order valence-electron chi connectivity index (χ0n) is 10.1. The maximum Gasteiger partial charge on any atom is 0.0858 e. The number of nitrogens with one attached hydrogen (secondary N) is 1. The van der Waals surface area contributed by atoms with Crippen LogP contribution in [0.5, 0.6) is 0 Å². The molecule has 1 aromatic carbocycles. The summed E-state index contributed by atoms with van der Waals surface area (Å²) < 4.78 is 0. The quantitative estimate of drug-likeness (QED) is 0.921. The highest BCUT2D eigenvalue weighted by atomic mass is 32.2.